The minimum absolute atomic E-state index is 0.0624. The zero-order valence-corrected chi connectivity index (χ0v) is 13.1. The van der Waals surface area contributed by atoms with Crippen LogP contribution in [0.3, 0.4) is 0 Å². The van der Waals surface area contributed by atoms with Crippen LogP contribution in [-0.2, 0) is 10.2 Å². The van der Waals surface area contributed by atoms with Gasteiger partial charge in [-0.15, -0.1) is 0 Å². The molecule has 2 rings (SSSR count). The van der Waals surface area contributed by atoms with Gasteiger partial charge in [0.2, 0.25) is 0 Å². The van der Waals surface area contributed by atoms with Crippen LogP contribution in [0, 0.1) is 0 Å². The molecule has 0 aromatic heterocycles. The van der Waals surface area contributed by atoms with Crippen LogP contribution in [0.25, 0.3) is 0 Å². The summed E-state index contributed by atoms with van der Waals surface area (Å²) in [5, 5.41) is 0. The lowest BCUT2D eigenvalue weighted by atomic mass is 9.87. The highest BCUT2D eigenvalue weighted by Crippen LogP contribution is 2.27. The molecule has 1 unspecified atom stereocenters. The van der Waals surface area contributed by atoms with Gasteiger partial charge >= 0.3 is 0 Å². The second-order valence-electron chi connectivity index (χ2n) is 6.71. The van der Waals surface area contributed by atoms with Crippen LogP contribution < -0.4 is 4.74 Å². The van der Waals surface area contributed by atoms with E-state index < -0.39 is 6.10 Å². The zero-order chi connectivity index (χ0) is 14.9. The summed E-state index contributed by atoms with van der Waals surface area (Å²) in [7, 11) is 1.86. The number of carbonyl (C=O) groups is 1. The average molecular weight is 275 g/mol. The quantitative estimate of drug-likeness (QED) is 0.843. The number of benzene rings is 1. The molecule has 3 nitrogen and oxygen atoms in total. The predicted molar refractivity (Wildman–Crippen MR) is 81.0 cm³/mol. The third-order valence-corrected chi connectivity index (χ3v) is 3.82. The van der Waals surface area contributed by atoms with Crippen LogP contribution in [-0.4, -0.2) is 30.0 Å². The van der Waals surface area contributed by atoms with Gasteiger partial charge in [0.1, 0.15) is 5.75 Å². The number of amides is 1. The minimum atomic E-state index is -0.430. The zero-order valence-electron chi connectivity index (χ0n) is 13.1. The summed E-state index contributed by atoms with van der Waals surface area (Å²) in [5.41, 5.74) is 1.39. The highest BCUT2D eigenvalue weighted by Gasteiger charge is 2.32. The Kier molecular flexibility index (Phi) is 4.07. The first-order chi connectivity index (χ1) is 9.29. The number of nitrogens with zero attached hydrogens (tertiary/aromatic N) is 1. The highest BCUT2D eigenvalue weighted by molar-refractivity contribution is 5.81. The maximum atomic E-state index is 12.2. The number of hydrogen-bond donors (Lipinski definition) is 0. The molecule has 0 bridgehead atoms. The van der Waals surface area contributed by atoms with Crippen molar-refractivity contribution in [3.63, 3.8) is 0 Å². The summed E-state index contributed by atoms with van der Waals surface area (Å²) in [6.07, 6.45) is 1.81. The maximum Gasteiger partial charge on any atom is 0.263 e. The fraction of sp³-hybridized carbons (Fsp3) is 0.588. The monoisotopic (exact) mass is 275 g/mol. The lowest BCUT2D eigenvalue weighted by Gasteiger charge is -2.23. The van der Waals surface area contributed by atoms with E-state index in [9.17, 15) is 4.79 Å². The molecule has 0 radical (unpaired) electrons. The molecule has 1 fully saturated rings. The Balaban J connectivity index is 1.97. The van der Waals surface area contributed by atoms with Crippen LogP contribution in [0.5, 0.6) is 5.75 Å². The van der Waals surface area contributed by atoms with Crippen molar-refractivity contribution in [2.24, 2.45) is 0 Å². The van der Waals surface area contributed by atoms with Gasteiger partial charge in [0.05, 0.1) is 0 Å². The van der Waals surface area contributed by atoms with Gasteiger partial charge in [0.15, 0.2) is 6.10 Å². The summed E-state index contributed by atoms with van der Waals surface area (Å²) in [6, 6.07) is 8.45. The molecule has 0 spiro atoms. The lowest BCUT2D eigenvalue weighted by molar-refractivity contribution is -0.137. The van der Waals surface area contributed by atoms with Crippen molar-refractivity contribution in [1.29, 1.82) is 0 Å². The largest absolute Gasteiger partial charge is 0.481 e. The first-order valence-corrected chi connectivity index (χ1v) is 7.33. The molecule has 0 N–H and O–H groups in total. The molecule has 110 valence electrons. The van der Waals surface area contributed by atoms with Gasteiger partial charge in [-0.3, -0.25) is 4.79 Å². The van der Waals surface area contributed by atoms with Gasteiger partial charge < -0.3 is 9.64 Å². The molecule has 20 heavy (non-hydrogen) atoms. The SMILES string of the molecule is CC(Oc1ccc(C(C)(C)C)cc1)C(=O)N(C)C1CC1. The molecule has 0 aliphatic heterocycles. The van der Waals surface area contributed by atoms with Crippen molar-refractivity contribution in [2.75, 3.05) is 7.05 Å². The Morgan fingerprint density at radius 1 is 1.25 bits per heavy atom. The molecule has 1 amide bonds. The molecule has 1 aliphatic carbocycles. The van der Waals surface area contributed by atoms with Crippen molar-refractivity contribution in [3.05, 3.63) is 29.8 Å². The number of ether oxygens (including phenoxy) is 1. The van der Waals surface area contributed by atoms with Crippen LogP contribution in [0.4, 0.5) is 0 Å². The van der Waals surface area contributed by atoms with Gasteiger partial charge in [-0.1, -0.05) is 32.9 Å². The van der Waals surface area contributed by atoms with E-state index in [0.29, 0.717) is 6.04 Å². The topological polar surface area (TPSA) is 29.5 Å². The maximum absolute atomic E-state index is 12.2. The minimum Gasteiger partial charge on any atom is -0.481 e. The Labute approximate surface area is 121 Å². The number of hydrogen-bond acceptors (Lipinski definition) is 2. The fourth-order valence-electron chi connectivity index (χ4n) is 2.22. The van der Waals surface area contributed by atoms with Gasteiger partial charge in [0.25, 0.3) is 5.91 Å². The van der Waals surface area contributed by atoms with Crippen LogP contribution in [0.15, 0.2) is 24.3 Å². The van der Waals surface area contributed by atoms with Crippen molar-refractivity contribution in [3.8, 4) is 5.75 Å². The summed E-state index contributed by atoms with van der Waals surface area (Å²) in [6.45, 7) is 8.36. The molecular weight excluding hydrogens is 250 g/mol. The summed E-state index contributed by atoms with van der Waals surface area (Å²) in [5.74, 6) is 0.815. The molecule has 0 heterocycles. The molecule has 0 saturated heterocycles. The Morgan fingerprint density at radius 2 is 1.80 bits per heavy atom. The first kappa shape index (κ1) is 14.9. The van der Waals surface area contributed by atoms with Crippen LogP contribution in [0.1, 0.15) is 46.1 Å². The molecule has 1 aromatic carbocycles. The van der Waals surface area contributed by atoms with Gasteiger partial charge in [-0.05, 0) is 42.9 Å². The average Bonchev–Trinajstić information content (AvgIpc) is 3.20. The van der Waals surface area contributed by atoms with Crippen molar-refractivity contribution in [2.45, 2.75) is 58.1 Å². The van der Waals surface area contributed by atoms with Gasteiger partial charge in [0, 0.05) is 13.1 Å². The van der Waals surface area contributed by atoms with E-state index in [2.05, 4.69) is 32.9 Å². The number of rotatable bonds is 4. The van der Waals surface area contributed by atoms with E-state index >= 15 is 0 Å². The molecule has 1 saturated carbocycles. The second kappa shape index (κ2) is 5.47. The van der Waals surface area contributed by atoms with E-state index in [4.69, 9.17) is 4.74 Å². The smallest absolute Gasteiger partial charge is 0.263 e. The second-order valence-corrected chi connectivity index (χ2v) is 6.71. The molecule has 1 aromatic rings. The summed E-state index contributed by atoms with van der Waals surface area (Å²) in [4.78, 5) is 14.0. The van der Waals surface area contributed by atoms with E-state index in [1.54, 1.807) is 0 Å². The van der Waals surface area contributed by atoms with Crippen molar-refractivity contribution < 1.29 is 9.53 Å². The van der Waals surface area contributed by atoms with E-state index in [0.717, 1.165) is 18.6 Å². The fourth-order valence-corrected chi connectivity index (χ4v) is 2.22. The van der Waals surface area contributed by atoms with Crippen LogP contribution in [0.2, 0.25) is 0 Å². The summed E-state index contributed by atoms with van der Waals surface area (Å²) < 4.78 is 5.75. The summed E-state index contributed by atoms with van der Waals surface area (Å²) >= 11 is 0. The number of likely N-dealkylation sites (N-methyl/N-ethyl adjacent to an activating group) is 1. The Bertz CT molecular complexity index is 469. The van der Waals surface area contributed by atoms with Gasteiger partial charge in [-0.2, -0.15) is 0 Å². The third kappa shape index (κ3) is 3.53. The van der Waals surface area contributed by atoms with Crippen molar-refractivity contribution in [1.82, 2.24) is 4.90 Å². The van der Waals surface area contributed by atoms with Crippen molar-refractivity contribution >= 4 is 5.91 Å². The normalized spacial score (nSPS) is 16.6. The van der Waals surface area contributed by atoms with Gasteiger partial charge in [-0.25, -0.2) is 0 Å². The predicted octanol–water partition coefficient (Wildman–Crippen LogP) is 3.37. The van der Waals surface area contributed by atoms with E-state index in [1.807, 2.05) is 31.0 Å². The van der Waals surface area contributed by atoms with Crippen LogP contribution >= 0.6 is 0 Å². The van der Waals surface area contributed by atoms with E-state index in [1.165, 1.54) is 5.56 Å². The first-order valence-electron chi connectivity index (χ1n) is 7.33. The Hall–Kier alpha value is -1.51. The highest BCUT2D eigenvalue weighted by atomic mass is 16.5. The Morgan fingerprint density at radius 3 is 2.25 bits per heavy atom. The molecule has 3 heteroatoms. The third-order valence-electron chi connectivity index (χ3n) is 3.82. The molecule has 1 atom stereocenters. The molecular formula is C17H25NO2. The molecule has 1 aliphatic rings. The standard InChI is InChI=1S/C17H25NO2/c1-12(16(19)18(5)14-8-9-14)20-15-10-6-13(7-11-15)17(2,3)4/h6-7,10-12,14H,8-9H2,1-5H3. The lowest BCUT2D eigenvalue weighted by Crippen LogP contribution is -2.39. The van der Waals surface area contributed by atoms with E-state index in [-0.39, 0.29) is 11.3 Å². The number of carbonyl (C=O) groups excluding carboxylic acids is 1.